The molecule has 0 saturated heterocycles. The summed E-state index contributed by atoms with van der Waals surface area (Å²) in [6.45, 7) is 2.23. The van der Waals surface area contributed by atoms with Crippen LogP contribution in [0.25, 0.3) is 10.1 Å². The van der Waals surface area contributed by atoms with Crippen molar-refractivity contribution in [2.75, 3.05) is 0 Å². The number of hydrogen-bond acceptors (Lipinski definition) is 5. The van der Waals surface area contributed by atoms with Gasteiger partial charge >= 0.3 is 0 Å². The van der Waals surface area contributed by atoms with E-state index in [0.717, 1.165) is 18.1 Å². The lowest BCUT2D eigenvalue weighted by Crippen LogP contribution is -2.31. The zero-order valence-electron chi connectivity index (χ0n) is 18.6. The van der Waals surface area contributed by atoms with Crippen molar-refractivity contribution in [1.82, 2.24) is 5.43 Å². The van der Waals surface area contributed by atoms with Gasteiger partial charge < -0.3 is 16.0 Å². The Labute approximate surface area is 194 Å². The van der Waals surface area contributed by atoms with Crippen molar-refractivity contribution >= 4 is 27.3 Å². The summed E-state index contributed by atoms with van der Waals surface area (Å²) >= 11 is 1.87. The summed E-state index contributed by atoms with van der Waals surface area (Å²) in [5, 5.41) is 7.39. The summed E-state index contributed by atoms with van der Waals surface area (Å²) in [5.41, 5.74) is 6.46. The maximum atomic E-state index is 6.03. The summed E-state index contributed by atoms with van der Waals surface area (Å²) in [6.07, 6.45) is 11.5. The van der Waals surface area contributed by atoms with Gasteiger partial charge in [0.25, 0.3) is 0 Å². The number of ether oxygens (including phenoxy) is 1. The smallest absolute Gasteiger partial charge is 0.136 e. The number of fused-ring (bicyclic) bond motifs is 1. The predicted octanol–water partition coefficient (Wildman–Crippen LogP) is 5.45. The predicted molar refractivity (Wildman–Crippen MR) is 136 cm³/mol. The molecule has 6 heteroatoms. The van der Waals surface area contributed by atoms with Crippen LogP contribution in [0, 0.1) is 12.3 Å². The van der Waals surface area contributed by atoms with Crippen molar-refractivity contribution in [3.05, 3.63) is 64.5 Å². The standard InChI is InChI=1S/C23H28N4OS.C3H4/c24-26-23(27-25)12-8-16-5-9-19(10-6-16)28-14-17-7-11-22-20(13-17)21(15-29-22)18-3-1-2-4-18;1-3-2/h5-7,9-11,13,15,18H,1-4,8,12,14,24-25H2,(H,26,27);1H,2H3. The molecular weight excluding hydrogens is 416 g/mol. The molecule has 2 aromatic carbocycles. The lowest BCUT2D eigenvalue weighted by molar-refractivity contribution is 0.306. The van der Waals surface area contributed by atoms with Crippen molar-refractivity contribution in [3.8, 4) is 18.1 Å². The maximum Gasteiger partial charge on any atom is 0.136 e. The number of terminal acetylenes is 1. The highest BCUT2D eigenvalue weighted by Gasteiger charge is 2.20. The van der Waals surface area contributed by atoms with Crippen LogP contribution >= 0.6 is 11.3 Å². The number of hydrazone groups is 1. The van der Waals surface area contributed by atoms with Gasteiger partial charge in [0, 0.05) is 11.1 Å². The first kappa shape index (κ1) is 23.6. The lowest BCUT2D eigenvalue weighted by Gasteiger charge is -2.10. The molecule has 1 saturated carbocycles. The van der Waals surface area contributed by atoms with Gasteiger partial charge in [-0.1, -0.05) is 31.0 Å². The second-order valence-corrected chi connectivity index (χ2v) is 8.86. The van der Waals surface area contributed by atoms with Crippen molar-refractivity contribution in [2.24, 2.45) is 16.8 Å². The molecular formula is C26H32N4OS. The van der Waals surface area contributed by atoms with Crippen LogP contribution in [0.5, 0.6) is 5.75 Å². The molecule has 0 amide bonds. The third kappa shape index (κ3) is 6.25. The first-order valence-electron chi connectivity index (χ1n) is 11.0. The molecule has 0 radical (unpaired) electrons. The fourth-order valence-electron chi connectivity index (χ4n) is 4.09. The summed E-state index contributed by atoms with van der Waals surface area (Å²) in [7, 11) is 0. The molecule has 4 rings (SSSR count). The minimum Gasteiger partial charge on any atom is -0.489 e. The second kappa shape index (κ2) is 12.1. The Hall–Kier alpha value is -3.01. The number of hydrogen-bond donors (Lipinski definition) is 3. The van der Waals surface area contributed by atoms with Crippen LogP contribution in [-0.4, -0.2) is 5.84 Å². The molecule has 0 aliphatic heterocycles. The van der Waals surface area contributed by atoms with Crippen LogP contribution in [-0.2, 0) is 13.0 Å². The molecule has 0 bridgehead atoms. The molecule has 168 valence electrons. The zero-order chi connectivity index (χ0) is 22.8. The topological polar surface area (TPSA) is 85.7 Å². The van der Waals surface area contributed by atoms with Gasteiger partial charge in [-0.05, 0) is 83.8 Å². The van der Waals surface area contributed by atoms with Crippen molar-refractivity contribution < 1.29 is 4.74 Å². The highest BCUT2D eigenvalue weighted by molar-refractivity contribution is 7.17. The lowest BCUT2D eigenvalue weighted by atomic mass is 9.96. The number of nitrogens with one attached hydrogen (secondary N) is 1. The molecule has 1 aliphatic carbocycles. The quantitative estimate of drug-likeness (QED) is 0.148. The van der Waals surface area contributed by atoms with E-state index in [1.807, 2.05) is 23.5 Å². The average Bonchev–Trinajstić information content (AvgIpc) is 3.49. The molecule has 0 unspecified atom stereocenters. The normalized spacial score (nSPS) is 14.0. The van der Waals surface area contributed by atoms with Crippen LogP contribution in [0.2, 0.25) is 0 Å². The summed E-state index contributed by atoms with van der Waals surface area (Å²) < 4.78 is 7.41. The van der Waals surface area contributed by atoms with E-state index in [-0.39, 0.29) is 0 Å². The minimum absolute atomic E-state index is 0.580. The van der Waals surface area contributed by atoms with E-state index in [1.165, 1.54) is 46.9 Å². The van der Waals surface area contributed by atoms with Gasteiger partial charge in [0.2, 0.25) is 0 Å². The molecule has 5 nitrogen and oxygen atoms in total. The molecule has 0 spiro atoms. The van der Waals surface area contributed by atoms with Crippen LogP contribution in [0.4, 0.5) is 0 Å². The molecule has 1 aromatic heterocycles. The van der Waals surface area contributed by atoms with Gasteiger partial charge in [-0.25, -0.2) is 5.84 Å². The Bertz CT molecular complexity index is 1060. The number of amidine groups is 1. The summed E-state index contributed by atoms with van der Waals surface area (Å²) in [6, 6.07) is 14.9. The highest BCUT2D eigenvalue weighted by atomic mass is 32.1. The van der Waals surface area contributed by atoms with Crippen molar-refractivity contribution in [1.29, 1.82) is 0 Å². The Kier molecular flexibility index (Phi) is 8.97. The number of benzene rings is 2. The second-order valence-electron chi connectivity index (χ2n) is 7.94. The van der Waals surface area contributed by atoms with Gasteiger partial charge in [-0.2, -0.15) is 5.10 Å². The Morgan fingerprint density at radius 1 is 1.19 bits per heavy atom. The monoisotopic (exact) mass is 448 g/mol. The van der Waals surface area contributed by atoms with Crippen LogP contribution < -0.4 is 21.8 Å². The molecule has 1 fully saturated rings. The minimum atomic E-state index is 0.580. The fourth-order valence-corrected chi connectivity index (χ4v) is 5.12. The molecule has 1 heterocycles. The van der Waals surface area contributed by atoms with Gasteiger partial charge in [-0.15, -0.1) is 23.7 Å². The van der Waals surface area contributed by atoms with E-state index in [1.54, 1.807) is 12.5 Å². The summed E-state index contributed by atoms with van der Waals surface area (Å²) in [5.74, 6) is 15.1. The molecule has 5 N–H and O–H groups in total. The SMILES string of the molecule is C#CC.N/N=C(/CCc1ccc(OCc2ccc3scc(C4CCCC4)c3c2)cc1)NN. The number of hydrazine groups is 1. The van der Waals surface area contributed by atoms with Crippen LogP contribution in [0.1, 0.15) is 61.6 Å². The fraction of sp³-hybridized carbons (Fsp3) is 0.346. The van der Waals surface area contributed by atoms with Gasteiger partial charge in [-0.3, -0.25) is 0 Å². The van der Waals surface area contributed by atoms with E-state index in [0.29, 0.717) is 18.9 Å². The van der Waals surface area contributed by atoms with Crippen LogP contribution in [0.3, 0.4) is 0 Å². The molecule has 32 heavy (non-hydrogen) atoms. The number of thiophene rings is 1. The number of nitrogens with zero attached hydrogens (tertiary/aromatic N) is 1. The van der Waals surface area contributed by atoms with Crippen LogP contribution in [0.15, 0.2) is 52.9 Å². The van der Waals surface area contributed by atoms with E-state index in [9.17, 15) is 0 Å². The zero-order valence-corrected chi connectivity index (χ0v) is 19.5. The van der Waals surface area contributed by atoms with Gasteiger partial charge in [0.15, 0.2) is 0 Å². The van der Waals surface area contributed by atoms with Gasteiger partial charge in [0.05, 0.1) is 0 Å². The van der Waals surface area contributed by atoms with E-state index in [4.69, 9.17) is 16.4 Å². The Morgan fingerprint density at radius 2 is 1.88 bits per heavy atom. The average molecular weight is 449 g/mol. The number of aryl methyl sites for hydroxylation is 1. The molecule has 0 atom stereocenters. The van der Waals surface area contributed by atoms with Crippen molar-refractivity contribution in [3.63, 3.8) is 0 Å². The van der Waals surface area contributed by atoms with Crippen molar-refractivity contribution in [2.45, 2.75) is 58.0 Å². The third-order valence-electron chi connectivity index (χ3n) is 5.76. The van der Waals surface area contributed by atoms with E-state index >= 15 is 0 Å². The third-order valence-corrected chi connectivity index (χ3v) is 6.75. The van der Waals surface area contributed by atoms with E-state index < -0.39 is 0 Å². The Balaban J connectivity index is 0.000000913. The summed E-state index contributed by atoms with van der Waals surface area (Å²) in [4.78, 5) is 0. The highest BCUT2D eigenvalue weighted by Crippen LogP contribution is 2.40. The van der Waals surface area contributed by atoms with E-state index in [2.05, 4.69) is 58.6 Å². The largest absolute Gasteiger partial charge is 0.489 e. The first-order valence-corrected chi connectivity index (χ1v) is 11.9. The molecule has 3 aromatic rings. The first-order chi connectivity index (χ1) is 15.7. The Morgan fingerprint density at radius 3 is 2.53 bits per heavy atom. The maximum absolute atomic E-state index is 6.03. The number of rotatable bonds is 7. The van der Waals surface area contributed by atoms with Gasteiger partial charge in [0.1, 0.15) is 18.2 Å². The number of nitrogens with two attached hydrogens (primary N) is 2. The molecule has 1 aliphatic rings.